The fourth-order valence-electron chi connectivity index (χ4n) is 3.65. The van der Waals surface area contributed by atoms with Crippen LogP contribution < -0.4 is 10.1 Å². The number of rotatable bonds is 6. The van der Waals surface area contributed by atoms with Crippen molar-refractivity contribution in [1.82, 2.24) is 5.32 Å². The van der Waals surface area contributed by atoms with E-state index in [0.717, 1.165) is 12.1 Å². The number of nitrogens with one attached hydrogen (secondary N) is 1. The highest BCUT2D eigenvalue weighted by Gasteiger charge is 2.35. The molecule has 8 heteroatoms. The van der Waals surface area contributed by atoms with Gasteiger partial charge in [0.05, 0.1) is 12.1 Å². The molecule has 3 rings (SSSR count). The van der Waals surface area contributed by atoms with E-state index in [2.05, 4.69) is 5.32 Å². The van der Waals surface area contributed by atoms with Gasteiger partial charge in [-0.25, -0.2) is 13.2 Å². The zero-order valence-electron chi connectivity index (χ0n) is 15.6. The first-order valence-electron chi connectivity index (χ1n) is 9.03. The van der Waals surface area contributed by atoms with E-state index in [0.29, 0.717) is 5.56 Å². The van der Waals surface area contributed by atoms with Crippen molar-refractivity contribution in [3.63, 3.8) is 0 Å². The molecule has 154 valence electrons. The topological polar surface area (TPSA) is 55.4 Å². The smallest absolute Gasteiger partial charge is 0.220 e. The Kier molecular flexibility index (Phi) is 6.47. The van der Waals surface area contributed by atoms with Crippen LogP contribution >= 0.6 is 11.6 Å². The number of piperidine rings is 1. The van der Waals surface area contributed by atoms with Gasteiger partial charge in [-0.3, -0.25) is 9.59 Å². The van der Waals surface area contributed by atoms with Gasteiger partial charge in [0.1, 0.15) is 29.0 Å². The lowest BCUT2D eigenvalue weighted by Gasteiger charge is -2.32. The van der Waals surface area contributed by atoms with Crippen LogP contribution in [-0.2, 0) is 16.0 Å². The molecule has 4 nitrogen and oxygen atoms in total. The second-order valence-electron chi connectivity index (χ2n) is 7.05. The Hall–Kier alpha value is -2.54. The molecule has 1 fully saturated rings. The molecule has 2 aromatic rings. The maximum Gasteiger partial charge on any atom is 0.220 e. The Morgan fingerprint density at radius 3 is 2.48 bits per heavy atom. The third kappa shape index (κ3) is 4.90. The summed E-state index contributed by atoms with van der Waals surface area (Å²) < 4.78 is 47.6. The maximum atomic E-state index is 14.6. The van der Waals surface area contributed by atoms with Crippen molar-refractivity contribution < 1.29 is 27.5 Å². The molecular formula is C21H19ClF3NO3. The predicted octanol–water partition coefficient (Wildman–Crippen LogP) is 4.19. The Morgan fingerprint density at radius 2 is 1.86 bits per heavy atom. The summed E-state index contributed by atoms with van der Waals surface area (Å²) in [5.74, 6) is -4.09. The largest absolute Gasteiger partial charge is 0.497 e. The minimum Gasteiger partial charge on any atom is -0.497 e. The van der Waals surface area contributed by atoms with E-state index in [-0.39, 0.29) is 53.8 Å². The molecule has 1 amide bonds. The molecule has 2 atom stereocenters. The van der Waals surface area contributed by atoms with Crippen LogP contribution in [0.4, 0.5) is 13.2 Å². The number of amides is 1. The van der Waals surface area contributed by atoms with Gasteiger partial charge in [-0.2, -0.15) is 0 Å². The van der Waals surface area contributed by atoms with Crippen molar-refractivity contribution in [2.75, 3.05) is 13.7 Å². The molecule has 0 unspecified atom stereocenters. The molecule has 29 heavy (non-hydrogen) atoms. The number of halogens is 4. The molecule has 0 aliphatic carbocycles. The van der Waals surface area contributed by atoms with Gasteiger partial charge in [-0.15, -0.1) is 0 Å². The number of hydrogen-bond acceptors (Lipinski definition) is 3. The maximum absolute atomic E-state index is 14.6. The highest BCUT2D eigenvalue weighted by molar-refractivity contribution is 6.30. The lowest BCUT2D eigenvalue weighted by Crippen LogP contribution is -2.41. The molecule has 1 N–H and O–H groups in total. The lowest BCUT2D eigenvalue weighted by molar-refractivity contribution is -0.125. The van der Waals surface area contributed by atoms with Gasteiger partial charge in [0, 0.05) is 49.4 Å². The first kappa shape index (κ1) is 21.2. The standard InChI is InChI=1S/C21H19ClF3NO3/c1-29-14-7-18(24)21(19(25)8-14)15-9-20(28)26-10-12(15)6-13(27)4-11-2-3-16(22)17(23)5-11/h2-3,5,7-8,12,15H,4,6,9-10H2,1H3,(H,26,28)/t12-,15-/m1/s1. The van der Waals surface area contributed by atoms with E-state index in [1.54, 1.807) is 6.07 Å². The molecule has 0 spiro atoms. The summed E-state index contributed by atoms with van der Waals surface area (Å²) in [4.78, 5) is 24.4. The zero-order chi connectivity index (χ0) is 21.1. The minimum atomic E-state index is -0.821. The number of carbonyl (C=O) groups is 2. The van der Waals surface area contributed by atoms with E-state index in [1.165, 1.54) is 19.2 Å². The average Bonchev–Trinajstić information content (AvgIpc) is 2.66. The highest BCUT2D eigenvalue weighted by atomic mass is 35.5. The number of carbonyl (C=O) groups excluding carboxylic acids is 2. The third-order valence-electron chi connectivity index (χ3n) is 5.07. The Bertz CT molecular complexity index is 928. The number of benzene rings is 2. The monoisotopic (exact) mass is 425 g/mol. The molecule has 0 aromatic heterocycles. The number of ketones is 1. The summed E-state index contributed by atoms with van der Waals surface area (Å²) >= 11 is 5.64. The average molecular weight is 426 g/mol. The van der Waals surface area contributed by atoms with Gasteiger partial charge in [0.15, 0.2) is 0 Å². The van der Waals surface area contributed by atoms with Crippen LogP contribution in [0.2, 0.25) is 5.02 Å². The third-order valence-corrected chi connectivity index (χ3v) is 5.38. The molecular weight excluding hydrogens is 407 g/mol. The number of hydrogen-bond donors (Lipinski definition) is 1. The van der Waals surface area contributed by atoms with E-state index in [4.69, 9.17) is 16.3 Å². The van der Waals surface area contributed by atoms with Crippen LogP contribution in [0.1, 0.15) is 29.9 Å². The van der Waals surface area contributed by atoms with Crippen molar-refractivity contribution >= 4 is 23.3 Å². The van der Waals surface area contributed by atoms with Crippen LogP contribution in [-0.4, -0.2) is 25.3 Å². The van der Waals surface area contributed by atoms with Crippen LogP contribution in [0, 0.1) is 23.4 Å². The van der Waals surface area contributed by atoms with Crippen molar-refractivity contribution in [2.24, 2.45) is 5.92 Å². The fourth-order valence-corrected chi connectivity index (χ4v) is 3.77. The van der Waals surface area contributed by atoms with E-state index < -0.39 is 29.3 Å². The Balaban J connectivity index is 1.80. The normalized spacial score (nSPS) is 19.0. The first-order chi connectivity index (χ1) is 13.8. The number of Topliss-reactive ketones (excluding diaryl/α,β-unsaturated/α-hetero) is 1. The predicted molar refractivity (Wildman–Crippen MR) is 102 cm³/mol. The van der Waals surface area contributed by atoms with Crippen molar-refractivity contribution in [2.45, 2.75) is 25.2 Å². The second-order valence-corrected chi connectivity index (χ2v) is 7.45. The van der Waals surface area contributed by atoms with Gasteiger partial charge >= 0.3 is 0 Å². The van der Waals surface area contributed by atoms with Crippen molar-refractivity contribution in [3.8, 4) is 5.75 Å². The van der Waals surface area contributed by atoms with Gasteiger partial charge in [0.2, 0.25) is 5.91 Å². The quantitative estimate of drug-likeness (QED) is 0.755. The highest BCUT2D eigenvalue weighted by Crippen LogP contribution is 2.37. The van der Waals surface area contributed by atoms with Crippen molar-refractivity contribution in [1.29, 1.82) is 0 Å². The molecule has 1 saturated heterocycles. The molecule has 1 aliphatic heterocycles. The van der Waals surface area contributed by atoms with E-state index >= 15 is 0 Å². The summed E-state index contributed by atoms with van der Waals surface area (Å²) in [7, 11) is 1.29. The first-order valence-corrected chi connectivity index (χ1v) is 9.41. The Labute approximate surface area is 171 Å². The second kappa shape index (κ2) is 8.86. The summed E-state index contributed by atoms with van der Waals surface area (Å²) in [6.07, 6.45) is -0.188. The van der Waals surface area contributed by atoms with Crippen LogP contribution in [0.15, 0.2) is 30.3 Å². The van der Waals surface area contributed by atoms with Gasteiger partial charge in [-0.1, -0.05) is 17.7 Å². The van der Waals surface area contributed by atoms with E-state index in [9.17, 15) is 22.8 Å². The van der Waals surface area contributed by atoms with Gasteiger partial charge in [-0.05, 0) is 23.6 Å². The molecule has 0 saturated carbocycles. The molecule has 1 heterocycles. The Morgan fingerprint density at radius 1 is 1.17 bits per heavy atom. The SMILES string of the molecule is COc1cc(F)c([C@@H]2CC(=O)NC[C@H]2CC(=O)Cc2ccc(Cl)c(F)c2)c(F)c1. The summed E-state index contributed by atoms with van der Waals surface area (Å²) in [5.41, 5.74) is 0.228. The molecule has 1 aliphatic rings. The zero-order valence-corrected chi connectivity index (χ0v) is 16.4. The summed E-state index contributed by atoms with van der Waals surface area (Å²) in [6, 6.07) is 6.21. The van der Waals surface area contributed by atoms with Gasteiger partial charge < -0.3 is 10.1 Å². The summed E-state index contributed by atoms with van der Waals surface area (Å²) in [6.45, 7) is 0.120. The van der Waals surface area contributed by atoms with Crippen molar-refractivity contribution in [3.05, 3.63) is 63.9 Å². The molecule has 0 radical (unpaired) electrons. The van der Waals surface area contributed by atoms with Crippen LogP contribution in [0.3, 0.4) is 0 Å². The number of methoxy groups -OCH3 is 1. The number of ether oxygens (including phenoxy) is 1. The van der Waals surface area contributed by atoms with Crippen LogP contribution in [0.5, 0.6) is 5.75 Å². The van der Waals surface area contributed by atoms with E-state index in [1.807, 2.05) is 0 Å². The lowest BCUT2D eigenvalue weighted by atomic mass is 9.77. The van der Waals surface area contributed by atoms with Gasteiger partial charge in [0.25, 0.3) is 0 Å². The molecule has 0 bridgehead atoms. The fraction of sp³-hybridized carbons (Fsp3) is 0.333. The van der Waals surface area contributed by atoms with Crippen LogP contribution in [0.25, 0.3) is 0 Å². The minimum absolute atomic E-state index is 0.0138. The molecule has 2 aromatic carbocycles. The summed E-state index contributed by atoms with van der Waals surface area (Å²) in [5, 5.41) is 2.60.